The molecule has 0 spiro atoms. The average molecular weight is 126 g/mol. The fourth-order valence-electron chi connectivity index (χ4n) is 0.663. The summed E-state index contributed by atoms with van der Waals surface area (Å²) in [6, 6.07) is 0. The van der Waals surface area contributed by atoms with Gasteiger partial charge in [0.25, 0.3) is 0 Å². The Balaban J connectivity index is 3.30. The first-order chi connectivity index (χ1) is 4.31. The van der Waals surface area contributed by atoms with E-state index in [-0.39, 0.29) is 0 Å². The van der Waals surface area contributed by atoms with Gasteiger partial charge in [-0.2, -0.15) is 0 Å². The highest BCUT2D eigenvalue weighted by molar-refractivity contribution is 5.82. The van der Waals surface area contributed by atoms with E-state index in [1.54, 1.807) is 0 Å². The van der Waals surface area contributed by atoms with Gasteiger partial charge in [0.1, 0.15) is 0 Å². The first-order valence-electron chi connectivity index (χ1n) is 3.59. The van der Waals surface area contributed by atoms with Gasteiger partial charge in [0.05, 0.1) is 0 Å². The molecule has 0 aliphatic rings. The van der Waals surface area contributed by atoms with E-state index < -0.39 is 0 Å². The molecule has 0 aromatic carbocycles. The van der Waals surface area contributed by atoms with Crippen LogP contribution in [-0.4, -0.2) is 12.3 Å². The van der Waals surface area contributed by atoms with Crippen molar-refractivity contribution in [2.24, 2.45) is 4.99 Å². The standard InChI is InChI=1S/C8H16N/c1-4-6-8(3)9-7-5-2/h4H,5-7H2,1-3H3. The van der Waals surface area contributed by atoms with E-state index in [2.05, 4.69) is 32.2 Å². The quantitative estimate of drug-likeness (QED) is 0.513. The first kappa shape index (κ1) is 8.67. The molecule has 0 aromatic rings. The summed E-state index contributed by atoms with van der Waals surface area (Å²) >= 11 is 0. The van der Waals surface area contributed by atoms with Crippen LogP contribution in [0.4, 0.5) is 0 Å². The molecule has 0 aliphatic heterocycles. The Hall–Kier alpha value is -0.330. The molecule has 0 fully saturated rings. The third-order valence-corrected chi connectivity index (χ3v) is 1.10. The predicted octanol–water partition coefficient (Wildman–Crippen LogP) is 2.47. The Bertz CT molecular complexity index is 84.6. The van der Waals surface area contributed by atoms with Crippen LogP contribution in [0.5, 0.6) is 0 Å². The summed E-state index contributed by atoms with van der Waals surface area (Å²) in [4.78, 5) is 4.32. The average Bonchev–Trinajstić information content (AvgIpc) is 1.85. The lowest BCUT2D eigenvalue weighted by Crippen LogP contribution is -1.91. The molecule has 0 N–H and O–H groups in total. The lowest BCUT2D eigenvalue weighted by molar-refractivity contribution is 0.925. The highest BCUT2D eigenvalue weighted by Gasteiger charge is 1.85. The zero-order chi connectivity index (χ0) is 7.11. The van der Waals surface area contributed by atoms with Crippen molar-refractivity contribution < 1.29 is 0 Å². The predicted molar refractivity (Wildman–Crippen MR) is 42.9 cm³/mol. The van der Waals surface area contributed by atoms with Crippen molar-refractivity contribution in [2.45, 2.75) is 33.6 Å². The number of aliphatic imine (C=N–C) groups is 1. The van der Waals surface area contributed by atoms with Crippen LogP contribution >= 0.6 is 0 Å². The van der Waals surface area contributed by atoms with Crippen molar-refractivity contribution in [1.29, 1.82) is 0 Å². The second-order valence-electron chi connectivity index (χ2n) is 2.23. The molecule has 9 heavy (non-hydrogen) atoms. The molecular formula is C8H16N. The van der Waals surface area contributed by atoms with Crippen LogP contribution in [0.2, 0.25) is 0 Å². The van der Waals surface area contributed by atoms with Gasteiger partial charge in [-0.3, -0.25) is 4.99 Å². The lowest BCUT2D eigenvalue weighted by atomic mass is 10.2. The topological polar surface area (TPSA) is 12.4 Å². The normalized spacial score (nSPS) is 12.1. The molecule has 0 amide bonds. The largest absolute Gasteiger partial charge is 0.294 e. The van der Waals surface area contributed by atoms with Gasteiger partial charge < -0.3 is 0 Å². The fourth-order valence-corrected chi connectivity index (χ4v) is 0.663. The monoisotopic (exact) mass is 126 g/mol. The van der Waals surface area contributed by atoms with Crippen LogP contribution in [0.15, 0.2) is 4.99 Å². The van der Waals surface area contributed by atoms with Crippen molar-refractivity contribution in [3.05, 3.63) is 6.42 Å². The molecule has 0 aliphatic carbocycles. The van der Waals surface area contributed by atoms with E-state index in [0.717, 1.165) is 19.4 Å². The van der Waals surface area contributed by atoms with E-state index in [9.17, 15) is 0 Å². The zero-order valence-electron chi connectivity index (χ0n) is 6.65. The molecule has 0 rings (SSSR count). The molecular weight excluding hydrogens is 110 g/mol. The maximum Gasteiger partial charge on any atom is 0.0385 e. The number of hydrogen-bond acceptors (Lipinski definition) is 1. The first-order valence-corrected chi connectivity index (χ1v) is 3.59. The van der Waals surface area contributed by atoms with E-state index in [0.29, 0.717) is 0 Å². The van der Waals surface area contributed by atoms with Crippen molar-refractivity contribution in [1.82, 2.24) is 0 Å². The van der Waals surface area contributed by atoms with Crippen molar-refractivity contribution in [3.8, 4) is 0 Å². The molecule has 0 saturated carbocycles. The van der Waals surface area contributed by atoms with Crippen molar-refractivity contribution in [2.75, 3.05) is 6.54 Å². The summed E-state index contributed by atoms with van der Waals surface area (Å²) in [6.45, 7) is 7.27. The minimum Gasteiger partial charge on any atom is -0.294 e. The maximum absolute atomic E-state index is 4.32. The Labute approximate surface area is 58.2 Å². The zero-order valence-corrected chi connectivity index (χ0v) is 6.65. The summed E-state index contributed by atoms with van der Waals surface area (Å²) in [6.07, 6.45) is 4.33. The van der Waals surface area contributed by atoms with Crippen LogP contribution in [0.1, 0.15) is 33.6 Å². The third-order valence-electron chi connectivity index (χ3n) is 1.10. The van der Waals surface area contributed by atoms with Gasteiger partial charge in [-0.05, 0) is 26.2 Å². The van der Waals surface area contributed by atoms with Crippen LogP contribution in [0, 0.1) is 6.42 Å². The number of hydrogen-bond donors (Lipinski definition) is 0. The van der Waals surface area contributed by atoms with Gasteiger partial charge in [0.2, 0.25) is 0 Å². The van der Waals surface area contributed by atoms with Crippen molar-refractivity contribution in [3.63, 3.8) is 0 Å². The van der Waals surface area contributed by atoms with Gasteiger partial charge in [-0.25, -0.2) is 0 Å². The van der Waals surface area contributed by atoms with Crippen LogP contribution < -0.4 is 0 Å². The Morgan fingerprint density at radius 1 is 1.56 bits per heavy atom. The molecule has 0 aromatic heterocycles. The smallest absolute Gasteiger partial charge is 0.0385 e. The van der Waals surface area contributed by atoms with Gasteiger partial charge >= 0.3 is 0 Å². The Morgan fingerprint density at radius 2 is 2.22 bits per heavy atom. The highest BCUT2D eigenvalue weighted by Crippen LogP contribution is 1.90. The summed E-state index contributed by atoms with van der Waals surface area (Å²) in [5.41, 5.74) is 1.25. The summed E-state index contributed by atoms with van der Waals surface area (Å²) in [5, 5.41) is 0. The lowest BCUT2D eigenvalue weighted by Gasteiger charge is -1.94. The van der Waals surface area contributed by atoms with Gasteiger partial charge in [0, 0.05) is 12.3 Å². The van der Waals surface area contributed by atoms with E-state index >= 15 is 0 Å². The Kier molecular flexibility index (Phi) is 5.59. The fraction of sp³-hybridized carbons (Fsp3) is 0.750. The van der Waals surface area contributed by atoms with Crippen LogP contribution in [-0.2, 0) is 0 Å². The maximum atomic E-state index is 4.32. The second kappa shape index (κ2) is 5.80. The molecule has 0 bridgehead atoms. The minimum atomic E-state index is 0.986. The van der Waals surface area contributed by atoms with E-state index in [1.165, 1.54) is 5.71 Å². The van der Waals surface area contributed by atoms with Crippen molar-refractivity contribution >= 4 is 5.71 Å². The highest BCUT2D eigenvalue weighted by atomic mass is 14.7. The van der Waals surface area contributed by atoms with Gasteiger partial charge in [-0.1, -0.05) is 13.8 Å². The SMILES string of the molecule is C[CH]CC(C)=NCCC. The molecule has 0 unspecified atom stereocenters. The summed E-state index contributed by atoms with van der Waals surface area (Å²) < 4.78 is 0. The summed E-state index contributed by atoms with van der Waals surface area (Å²) in [5.74, 6) is 0. The molecule has 0 heterocycles. The number of rotatable bonds is 4. The molecule has 1 nitrogen and oxygen atoms in total. The third kappa shape index (κ3) is 5.54. The molecule has 0 saturated heterocycles. The van der Waals surface area contributed by atoms with Gasteiger partial charge in [0.15, 0.2) is 0 Å². The van der Waals surface area contributed by atoms with E-state index in [4.69, 9.17) is 0 Å². The second-order valence-corrected chi connectivity index (χ2v) is 2.23. The minimum absolute atomic E-state index is 0.986. The number of nitrogens with zero attached hydrogens (tertiary/aromatic N) is 1. The molecule has 0 atom stereocenters. The molecule has 53 valence electrons. The van der Waals surface area contributed by atoms with Gasteiger partial charge in [-0.15, -0.1) is 0 Å². The Morgan fingerprint density at radius 3 is 2.67 bits per heavy atom. The summed E-state index contributed by atoms with van der Waals surface area (Å²) in [7, 11) is 0. The molecule has 1 radical (unpaired) electrons. The van der Waals surface area contributed by atoms with E-state index in [1.807, 2.05) is 0 Å². The molecule has 1 heteroatoms. The van der Waals surface area contributed by atoms with Crippen LogP contribution in [0.25, 0.3) is 0 Å². The van der Waals surface area contributed by atoms with Crippen LogP contribution in [0.3, 0.4) is 0 Å².